The molecule has 0 bridgehead atoms. The van der Waals surface area contributed by atoms with Gasteiger partial charge < -0.3 is 5.32 Å². The number of halogens is 3. The number of fused-ring (bicyclic) bond motifs is 1. The van der Waals surface area contributed by atoms with Gasteiger partial charge in [-0.05, 0) is 25.1 Å². The average molecular weight is 362 g/mol. The summed E-state index contributed by atoms with van der Waals surface area (Å²) in [6, 6.07) is 5.10. The predicted molar refractivity (Wildman–Crippen MR) is 86.7 cm³/mol. The van der Waals surface area contributed by atoms with E-state index in [-0.39, 0.29) is 5.56 Å². The number of hydrogen-bond donors (Lipinski definition) is 1. The van der Waals surface area contributed by atoms with Crippen LogP contribution in [0.15, 0.2) is 53.7 Å². The van der Waals surface area contributed by atoms with Gasteiger partial charge in [-0.15, -0.1) is 0 Å². The number of pyridine rings is 2. The van der Waals surface area contributed by atoms with E-state index in [1.165, 1.54) is 22.7 Å². The number of nitrogens with zero attached hydrogens (tertiary/aromatic N) is 3. The number of alkyl halides is 3. The molecule has 3 heterocycles. The third-order valence-corrected chi connectivity index (χ3v) is 3.79. The van der Waals surface area contributed by atoms with E-state index >= 15 is 0 Å². The maximum absolute atomic E-state index is 13.4. The fourth-order valence-corrected chi connectivity index (χ4v) is 2.54. The lowest BCUT2D eigenvalue weighted by Gasteiger charge is -2.21. The zero-order valence-electron chi connectivity index (χ0n) is 13.5. The Morgan fingerprint density at radius 3 is 2.62 bits per heavy atom. The van der Waals surface area contributed by atoms with Crippen molar-refractivity contribution in [3.63, 3.8) is 0 Å². The molecular formula is C17H13F3N4O2. The van der Waals surface area contributed by atoms with Crippen LogP contribution in [0, 0.1) is 6.92 Å². The lowest BCUT2D eigenvalue weighted by molar-refractivity contribution is -0.155. The predicted octanol–water partition coefficient (Wildman–Crippen LogP) is 2.43. The van der Waals surface area contributed by atoms with Gasteiger partial charge in [0.1, 0.15) is 11.2 Å². The molecule has 0 unspecified atom stereocenters. The number of carbonyl (C=O) groups excluding carboxylic acids is 1. The molecule has 0 spiro atoms. The van der Waals surface area contributed by atoms with Gasteiger partial charge in [0.15, 0.2) is 6.04 Å². The number of carbonyl (C=O) groups is 1. The summed E-state index contributed by atoms with van der Waals surface area (Å²) in [6.07, 6.45) is -1.45. The van der Waals surface area contributed by atoms with Crippen molar-refractivity contribution in [2.75, 3.05) is 0 Å². The van der Waals surface area contributed by atoms with E-state index in [9.17, 15) is 22.8 Å². The highest BCUT2D eigenvalue weighted by atomic mass is 19.4. The maximum Gasteiger partial charge on any atom is 0.412 e. The van der Waals surface area contributed by atoms with Gasteiger partial charge in [-0.3, -0.25) is 19.0 Å². The summed E-state index contributed by atoms with van der Waals surface area (Å²) in [5, 5.41) is 1.86. The summed E-state index contributed by atoms with van der Waals surface area (Å²) in [5.74, 6) is -1.16. The SMILES string of the molecule is Cc1cccc2ncc(C(=O)N[C@H](c3cccnc3)C(F)(F)F)c(=O)n12. The second-order valence-electron chi connectivity index (χ2n) is 5.57. The highest BCUT2D eigenvalue weighted by Crippen LogP contribution is 2.32. The van der Waals surface area contributed by atoms with Gasteiger partial charge in [0, 0.05) is 29.8 Å². The number of rotatable bonds is 3. The Kier molecular flexibility index (Phi) is 4.45. The van der Waals surface area contributed by atoms with Crippen LogP contribution < -0.4 is 10.9 Å². The molecule has 134 valence electrons. The molecule has 0 aliphatic rings. The molecule has 0 radical (unpaired) electrons. The van der Waals surface area contributed by atoms with Crippen LogP contribution in [0.1, 0.15) is 27.7 Å². The number of aromatic nitrogens is 3. The maximum atomic E-state index is 13.4. The molecule has 3 aromatic rings. The van der Waals surface area contributed by atoms with E-state index in [1.54, 1.807) is 25.1 Å². The molecule has 1 atom stereocenters. The second kappa shape index (κ2) is 6.58. The molecule has 1 N–H and O–H groups in total. The fourth-order valence-electron chi connectivity index (χ4n) is 2.54. The zero-order chi connectivity index (χ0) is 18.9. The van der Waals surface area contributed by atoms with Crippen LogP contribution in [0.4, 0.5) is 13.2 Å². The van der Waals surface area contributed by atoms with Crippen LogP contribution in [0.3, 0.4) is 0 Å². The Bertz CT molecular complexity index is 1020. The normalized spacial score (nSPS) is 12.8. The van der Waals surface area contributed by atoms with Gasteiger partial charge in [-0.1, -0.05) is 12.1 Å². The molecule has 1 amide bonds. The Labute approximate surface area is 145 Å². The minimum Gasteiger partial charge on any atom is -0.336 e. The molecule has 0 saturated heterocycles. The molecule has 26 heavy (non-hydrogen) atoms. The van der Waals surface area contributed by atoms with Crippen LogP contribution in [0.5, 0.6) is 0 Å². The van der Waals surface area contributed by atoms with Crippen LogP contribution in [0.25, 0.3) is 5.65 Å². The van der Waals surface area contributed by atoms with Gasteiger partial charge >= 0.3 is 6.18 Å². The van der Waals surface area contributed by atoms with Gasteiger partial charge in [0.05, 0.1) is 0 Å². The van der Waals surface area contributed by atoms with E-state index in [0.717, 1.165) is 12.4 Å². The van der Waals surface area contributed by atoms with Crippen molar-refractivity contribution in [2.45, 2.75) is 19.1 Å². The van der Waals surface area contributed by atoms with Crippen molar-refractivity contribution in [2.24, 2.45) is 0 Å². The van der Waals surface area contributed by atoms with Crippen LogP contribution in [-0.2, 0) is 0 Å². The number of aryl methyl sites for hydroxylation is 1. The van der Waals surface area contributed by atoms with Gasteiger partial charge in [-0.25, -0.2) is 4.98 Å². The molecule has 0 fully saturated rings. The van der Waals surface area contributed by atoms with Crippen molar-refractivity contribution in [3.8, 4) is 0 Å². The summed E-state index contributed by atoms with van der Waals surface area (Å²) < 4.78 is 41.2. The zero-order valence-corrected chi connectivity index (χ0v) is 13.5. The van der Waals surface area contributed by atoms with Gasteiger partial charge in [0.25, 0.3) is 11.5 Å². The van der Waals surface area contributed by atoms with Crippen molar-refractivity contribution < 1.29 is 18.0 Å². The lowest BCUT2D eigenvalue weighted by Crippen LogP contribution is -2.40. The molecular weight excluding hydrogens is 349 g/mol. The first-order chi connectivity index (χ1) is 12.3. The van der Waals surface area contributed by atoms with E-state index in [0.29, 0.717) is 11.3 Å². The first-order valence-corrected chi connectivity index (χ1v) is 7.54. The minimum absolute atomic E-state index is 0.238. The number of hydrogen-bond acceptors (Lipinski definition) is 4. The highest BCUT2D eigenvalue weighted by Gasteiger charge is 2.42. The summed E-state index contributed by atoms with van der Waals surface area (Å²) in [4.78, 5) is 32.5. The average Bonchev–Trinajstić information content (AvgIpc) is 2.59. The van der Waals surface area contributed by atoms with E-state index < -0.39 is 29.2 Å². The smallest absolute Gasteiger partial charge is 0.336 e. The summed E-state index contributed by atoms with van der Waals surface area (Å²) in [6.45, 7) is 1.63. The third kappa shape index (κ3) is 3.28. The van der Waals surface area contributed by atoms with E-state index in [2.05, 4.69) is 9.97 Å². The Hall–Kier alpha value is -3.23. The van der Waals surface area contributed by atoms with E-state index in [1.807, 2.05) is 5.32 Å². The Balaban J connectivity index is 2.01. The summed E-state index contributed by atoms with van der Waals surface area (Å²) in [7, 11) is 0. The second-order valence-corrected chi connectivity index (χ2v) is 5.57. The quantitative estimate of drug-likeness (QED) is 0.776. The van der Waals surface area contributed by atoms with Crippen LogP contribution in [-0.4, -0.2) is 26.5 Å². The van der Waals surface area contributed by atoms with Crippen molar-refractivity contribution in [3.05, 3.63) is 76.1 Å². The van der Waals surface area contributed by atoms with E-state index in [4.69, 9.17) is 0 Å². The molecule has 9 heteroatoms. The fraction of sp³-hybridized carbons (Fsp3) is 0.176. The van der Waals surface area contributed by atoms with Crippen LogP contribution in [0.2, 0.25) is 0 Å². The molecule has 0 saturated carbocycles. The minimum atomic E-state index is -4.75. The molecule has 0 aliphatic carbocycles. The Morgan fingerprint density at radius 2 is 1.96 bits per heavy atom. The summed E-state index contributed by atoms with van der Waals surface area (Å²) >= 11 is 0. The molecule has 0 aromatic carbocycles. The van der Waals surface area contributed by atoms with Crippen molar-refractivity contribution in [1.82, 2.24) is 19.7 Å². The molecule has 6 nitrogen and oxygen atoms in total. The molecule has 3 aromatic heterocycles. The van der Waals surface area contributed by atoms with Gasteiger partial charge in [0.2, 0.25) is 0 Å². The highest BCUT2D eigenvalue weighted by molar-refractivity contribution is 5.94. The lowest BCUT2D eigenvalue weighted by atomic mass is 10.1. The molecule has 3 rings (SSSR count). The standard InChI is InChI=1S/C17H13F3N4O2/c1-10-4-2-6-13-22-9-12(16(26)24(10)13)15(25)23-14(17(18,19)20)11-5-3-7-21-8-11/h2-9,14H,1H3,(H,23,25)/t14-/m1/s1. The summed E-state index contributed by atoms with van der Waals surface area (Å²) in [5.41, 5.74) is -0.647. The monoisotopic (exact) mass is 362 g/mol. The van der Waals surface area contributed by atoms with Crippen molar-refractivity contribution in [1.29, 1.82) is 0 Å². The number of nitrogens with one attached hydrogen (secondary N) is 1. The van der Waals surface area contributed by atoms with Crippen LogP contribution >= 0.6 is 0 Å². The molecule has 0 aliphatic heterocycles. The third-order valence-electron chi connectivity index (χ3n) is 3.79. The largest absolute Gasteiger partial charge is 0.412 e. The Morgan fingerprint density at radius 1 is 1.19 bits per heavy atom. The van der Waals surface area contributed by atoms with Gasteiger partial charge in [-0.2, -0.15) is 13.2 Å². The number of amides is 1. The first kappa shape index (κ1) is 17.6. The topological polar surface area (TPSA) is 76.4 Å². The van der Waals surface area contributed by atoms with Crippen molar-refractivity contribution >= 4 is 11.6 Å². The first-order valence-electron chi connectivity index (χ1n) is 7.54.